The molecule has 0 spiro atoms. The second-order valence-electron chi connectivity index (χ2n) is 6.52. The van der Waals surface area contributed by atoms with E-state index in [0.717, 1.165) is 22.8 Å². The molecule has 0 unspecified atom stereocenters. The summed E-state index contributed by atoms with van der Waals surface area (Å²) in [5, 5.41) is 4.18. The van der Waals surface area contributed by atoms with Crippen LogP contribution in [-0.2, 0) is 17.6 Å². The number of aromatic nitrogens is 1. The molecule has 0 saturated carbocycles. The summed E-state index contributed by atoms with van der Waals surface area (Å²) in [7, 11) is 0. The van der Waals surface area contributed by atoms with E-state index < -0.39 is 5.60 Å². The normalized spacial score (nSPS) is 17.8. The van der Waals surface area contributed by atoms with Gasteiger partial charge in [0.25, 0.3) is 0 Å². The third-order valence-electron chi connectivity index (χ3n) is 3.58. The van der Waals surface area contributed by atoms with Gasteiger partial charge in [0, 0.05) is 33.5 Å². The van der Waals surface area contributed by atoms with Crippen LogP contribution < -0.4 is 5.32 Å². The van der Waals surface area contributed by atoms with Crippen LogP contribution in [0.25, 0.3) is 10.9 Å². The van der Waals surface area contributed by atoms with Crippen molar-refractivity contribution in [3.05, 3.63) is 33.9 Å². The van der Waals surface area contributed by atoms with Gasteiger partial charge in [0.1, 0.15) is 5.60 Å². The van der Waals surface area contributed by atoms with Crippen molar-refractivity contribution in [2.75, 3.05) is 0 Å². The molecule has 0 fully saturated rings. The fourth-order valence-electron chi connectivity index (χ4n) is 2.82. The van der Waals surface area contributed by atoms with Gasteiger partial charge >= 0.3 is 6.09 Å². The molecule has 1 atom stereocenters. The molecule has 1 aliphatic rings. The number of carbonyl (C=O) groups is 1. The number of halogens is 1. The zero-order chi connectivity index (χ0) is 15.2. The lowest BCUT2D eigenvalue weighted by atomic mass is 10.1. The Hall–Kier alpha value is -1.49. The van der Waals surface area contributed by atoms with Gasteiger partial charge in [-0.25, -0.2) is 4.79 Å². The molecule has 1 aliphatic carbocycles. The molecule has 0 saturated heterocycles. The van der Waals surface area contributed by atoms with Crippen molar-refractivity contribution < 1.29 is 9.53 Å². The van der Waals surface area contributed by atoms with Crippen molar-refractivity contribution in [1.29, 1.82) is 0 Å². The Bertz CT molecular complexity index is 700. The molecule has 1 amide bonds. The highest BCUT2D eigenvalue weighted by atomic mass is 79.9. The predicted octanol–water partition coefficient (Wildman–Crippen LogP) is 3.92. The summed E-state index contributed by atoms with van der Waals surface area (Å²) in [5.41, 5.74) is 3.20. The molecule has 0 aliphatic heterocycles. The number of hydrogen-bond acceptors (Lipinski definition) is 2. The van der Waals surface area contributed by atoms with E-state index in [4.69, 9.17) is 4.74 Å². The Balaban J connectivity index is 1.73. The summed E-state index contributed by atoms with van der Waals surface area (Å²) < 4.78 is 6.38. The number of fused-ring (bicyclic) bond motifs is 3. The van der Waals surface area contributed by atoms with Gasteiger partial charge in [-0.15, -0.1) is 0 Å². The number of hydrogen-bond donors (Lipinski definition) is 2. The topological polar surface area (TPSA) is 54.1 Å². The highest BCUT2D eigenvalue weighted by molar-refractivity contribution is 9.10. The number of aromatic amines is 1. The molecule has 21 heavy (non-hydrogen) atoms. The highest BCUT2D eigenvalue weighted by Gasteiger charge is 2.28. The number of ether oxygens (including phenoxy) is 1. The van der Waals surface area contributed by atoms with Crippen LogP contribution in [0, 0.1) is 0 Å². The molecule has 112 valence electrons. The lowest BCUT2D eigenvalue weighted by Crippen LogP contribution is -2.39. The number of nitrogens with one attached hydrogen (secondary N) is 2. The number of H-pyrrole nitrogens is 1. The summed E-state index contributed by atoms with van der Waals surface area (Å²) in [4.78, 5) is 15.3. The second-order valence-corrected chi connectivity index (χ2v) is 7.44. The lowest BCUT2D eigenvalue weighted by molar-refractivity contribution is 0.0506. The maximum atomic E-state index is 11.9. The van der Waals surface area contributed by atoms with Crippen LogP contribution in [0.3, 0.4) is 0 Å². The Morgan fingerprint density at radius 2 is 2.14 bits per heavy atom. The molecule has 3 rings (SSSR count). The molecule has 1 heterocycles. The average Bonchev–Trinajstić information content (AvgIpc) is 2.84. The van der Waals surface area contributed by atoms with Crippen molar-refractivity contribution in [3.8, 4) is 0 Å². The quantitative estimate of drug-likeness (QED) is 0.818. The summed E-state index contributed by atoms with van der Waals surface area (Å²) in [6.07, 6.45) is 1.31. The molecule has 0 bridgehead atoms. The zero-order valence-corrected chi connectivity index (χ0v) is 14.0. The SMILES string of the molecule is CC(C)(C)OC(=O)N[C@H]1Cc2[nH]c3ccc(Br)cc3c2C1. The van der Waals surface area contributed by atoms with Crippen molar-refractivity contribution in [3.63, 3.8) is 0 Å². The van der Waals surface area contributed by atoms with E-state index in [2.05, 4.69) is 38.4 Å². The van der Waals surface area contributed by atoms with Gasteiger partial charge < -0.3 is 15.0 Å². The van der Waals surface area contributed by atoms with Crippen LogP contribution in [-0.4, -0.2) is 22.7 Å². The van der Waals surface area contributed by atoms with Crippen LogP contribution in [0.4, 0.5) is 4.79 Å². The van der Waals surface area contributed by atoms with Crippen LogP contribution in [0.5, 0.6) is 0 Å². The van der Waals surface area contributed by atoms with Crippen molar-refractivity contribution >= 4 is 32.9 Å². The van der Waals surface area contributed by atoms with Crippen molar-refractivity contribution in [2.24, 2.45) is 0 Å². The van der Waals surface area contributed by atoms with Gasteiger partial charge in [0.05, 0.1) is 0 Å². The van der Waals surface area contributed by atoms with Crippen LogP contribution in [0.15, 0.2) is 22.7 Å². The van der Waals surface area contributed by atoms with E-state index in [0.29, 0.717) is 0 Å². The minimum absolute atomic E-state index is 0.101. The van der Waals surface area contributed by atoms with Gasteiger partial charge in [-0.05, 0) is 51.0 Å². The Morgan fingerprint density at radius 1 is 1.38 bits per heavy atom. The molecule has 5 heteroatoms. The Kier molecular flexibility index (Phi) is 3.48. The summed E-state index contributed by atoms with van der Waals surface area (Å²) >= 11 is 3.51. The largest absolute Gasteiger partial charge is 0.444 e. The second kappa shape index (κ2) is 5.05. The maximum Gasteiger partial charge on any atom is 0.407 e. The van der Waals surface area contributed by atoms with E-state index in [1.807, 2.05) is 26.8 Å². The number of alkyl carbamates (subject to hydrolysis) is 1. The van der Waals surface area contributed by atoms with Crippen molar-refractivity contribution in [2.45, 2.75) is 45.3 Å². The summed E-state index contributed by atoms with van der Waals surface area (Å²) in [5.74, 6) is 0. The van der Waals surface area contributed by atoms with E-state index in [1.54, 1.807) is 0 Å². The van der Waals surface area contributed by atoms with Gasteiger partial charge in [0.2, 0.25) is 0 Å². The summed E-state index contributed by atoms with van der Waals surface area (Å²) in [6, 6.07) is 6.34. The zero-order valence-electron chi connectivity index (χ0n) is 12.4. The monoisotopic (exact) mass is 350 g/mol. The minimum atomic E-state index is -0.464. The van der Waals surface area contributed by atoms with Crippen LogP contribution in [0.1, 0.15) is 32.0 Å². The molecule has 2 N–H and O–H groups in total. The first-order chi connectivity index (χ1) is 9.82. The number of carbonyl (C=O) groups excluding carboxylic acids is 1. The third kappa shape index (κ3) is 3.07. The van der Waals surface area contributed by atoms with Gasteiger partial charge in [-0.1, -0.05) is 15.9 Å². The van der Waals surface area contributed by atoms with Crippen LogP contribution >= 0.6 is 15.9 Å². The average molecular weight is 351 g/mol. The fourth-order valence-corrected chi connectivity index (χ4v) is 3.19. The Morgan fingerprint density at radius 3 is 2.86 bits per heavy atom. The van der Waals surface area contributed by atoms with Crippen LogP contribution in [0.2, 0.25) is 0 Å². The standard InChI is InChI=1S/C16H19BrN2O2/c1-16(2,3)21-15(20)18-10-7-12-11-6-9(17)4-5-13(11)19-14(12)8-10/h4-6,10,19H,7-8H2,1-3H3,(H,18,20)/t10-/m1/s1. The Labute approximate surface area is 132 Å². The molecular formula is C16H19BrN2O2. The molecular weight excluding hydrogens is 332 g/mol. The molecule has 2 aromatic rings. The lowest BCUT2D eigenvalue weighted by Gasteiger charge is -2.21. The van der Waals surface area contributed by atoms with Gasteiger partial charge in [0.15, 0.2) is 0 Å². The highest BCUT2D eigenvalue weighted by Crippen LogP contribution is 2.31. The smallest absolute Gasteiger partial charge is 0.407 e. The van der Waals surface area contributed by atoms with E-state index in [9.17, 15) is 4.79 Å². The minimum Gasteiger partial charge on any atom is -0.444 e. The first-order valence-electron chi connectivity index (χ1n) is 7.10. The maximum absolute atomic E-state index is 11.9. The molecule has 0 radical (unpaired) electrons. The fraction of sp³-hybridized carbons (Fsp3) is 0.438. The van der Waals surface area contributed by atoms with E-state index in [1.165, 1.54) is 16.6 Å². The van der Waals surface area contributed by atoms with Crippen molar-refractivity contribution in [1.82, 2.24) is 10.3 Å². The van der Waals surface area contributed by atoms with Gasteiger partial charge in [-0.2, -0.15) is 0 Å². The van der Waals surface area contributed by atoms with E-state index >= 15 is 0 Å². The summed E-state index contributed by atoms with van der Waals surface area (Å²) in [6.45, 7) is 5.61. The number of benzene rings is 1. The number of amides is 1. The first kappa shape index (κ1) is 14.4. The predicted molar refractivity (Wildman–Crippen MR) is 86.6 cm³/mol. The molecule has 4 nitrogen and oxygen atoms in total. The van der Waals surface area contributed by atoms with Gasteiger partial charge in [-0.3, -0.25) is 0 Å². The number of rotatable bonds is 1. The third-order valence-corrected chi connectivity index (χ3v) is 4.07. The molecule has 1 aromatic heterocycles. The molecule has 1 aromatic carbocycles. The first-order valence-corrected chi connectivity index (χ1v) is 7.89. The van der Waals surface area contributed by atoms with E-state index in [-0.39, 0.29) is 12.1 Å².